The Morgan fingerprint density at radius 3 is 2.75 bits per heavy atom. The number of oxazole rings is 1. The van der Waals surface area contributed by atoms with E-state index in [1.807, 2.05) is 31.2 Å². The van der Waals surface area contributed by atoms with Gasteiger partial charge in [-0.15, -0.1) is 0 Å². The number of nitrogens with zero attached hydrogens (tertiary/aromatic N) is 1. The molecule has 2 rings (SSSR count). The second kappa shape index (κ2) is 6.34. The minimum atomic E-state index is -0.490. The molecule has 0 saturated heterocycles. The largest absolute Gasteiger partial charge is 0.444 e. The predicted octanol–water partition coefficient (Wildman–Crippen LogP) is 1.66. The van der Waals surface area contributed by atoms with Crippen LogP contribution in [0.25, 0.3) is 11.5 Å². The van der Waals surface area contributed by atoms with Crippen LogP contribution in [0.5, 0.6) is 0 Å². The molecule has 0 radical (unpaired) electrons. The van der Waals surface area contributed by atoms with Crippen LogP contribution in [0.3, 0.4) is 0 Å². The quantitative estimate of drug-likeness (QED) is 0.868. The van der Waals surface area contributed by atoms with Gasteiger partial charge >= 0.3 is 0 Å². The topological polar surface area (TPSA) is 81.2 Å². The van der Waals surface area contributed by atoms with Crippen LogP contribution in [0, 0.1) is 6.92 Å². The SMILES string of the molecule is Cc1ccc(-c2nc(CCNC(=O)[C@@H](C)N)co2)cc1. The molecule has 0 saturated carbocycles. The third-order valence-electron chi connectivity index (χ3n) is 2.94. The van der Waals surface area contributed by atoms with Gasteiger partial charge in [-0.05, 0) is 26.0 Å². The molecular weight excluding hydrogens is 254 g/mol. The number of nitrogens with two attached hydrogens (primary N) is 1. The van der Waals surface area contributed by atoms with Crippen LogP contribution in [0.15, 0.2) is 34.9 Å². The average Bonchev–Trinajstić information content (AvgIpc) is 2.88. The second-order valence-electron chi connectivity index (χ2n) is 4.84. The normalized spacial score (nSPS) is 12.2. The first-order chi connectivity index (χ1) is 9.56. The molecule has 3 N–H and O–H groups in total. The Hall–Kier alpha value is -2.14. The maximum absolute atomic E-state index is 11.3. The zero-order valence-electron chi connectivity index (χ0n) is 11.7. The van der Waals surface area contributed by atoms with E-state index in [2.05, 4.69) is 10.3 Å². The lowest BCUT2D eigenvalue weighted by molar-refractivity contribution is -0.121. The van der Waals surface area contributed by atoms with E-state index in [1.54, 1.807) is 13.2 Å². The van der Waals surface area contributed by atoms with E-state index in [-0.39, 0.29) is 5.91 Å². The summed E-state index contributed by atoms with van der Waals surface area (Å²) in [7, 11) is 0. The molecule has 0 aliphatic heterocycles. The van der Waals surface area contributed by atoms with Crippen molar-refractivity contribution in [1.82, 2.24) is 10.3 Å². The molecule has 20 heavy (non-hydrogen) atoms. The van der Waals surface area contributed by atoms with Crippen molar-refractivity contribution in [2.24, 2.45) is 5.73 Å². The van der Waals surface area contributed by atoms with Crippen molar-refractivity contribution in [3.63, 3.8) is 0 Å². The van der Waals surface area contributed by atoms with Gasteiger partial charge in [0.2, 0.25) is 11.8 Å². The summed E-state index contributed by atoms with van der Waals surface area (Å²) in [6, 6.07) is 7.49. The summed E-state index contributed by atoms with van der Waals surface area (Å²) in [5.41, 5.74) is 8.41. The zero-order valence-corrected chi connectivity index (χ0v) is 11.7. The number of rotatable bonds is 5. The van der Waals surface area contributed by atoms with Crippen LogP contribution < -0.4 is 11.1 Å². The third kappa shape index (κ3) is 3.68. The highest BCUT2D eigenvalue weighted by Gasteiger charge is 2.08. The third-order valence-corrected chi connectivity index (χ3v) is 2.94. The molecule has 1 aromatic heterocycles. The standard InChI is InChI=1S/C15H19N3O2/c1-10-3-5-12(6-4-10)15-18-13(9-20-15)7-8-17-14(19)11(2)16/h3-6,9,11H,7-8,16H2,1-2H3,(H,17,19)/t11-/m1/s1. The Morgan fingerprint density at radius 2 is 2.10 bits per heavy atom. The summed E-state index contributed by atoms with van der Waals surface area (Å²) in [4.78, 5) is 15.7. The van der Waals surface area contributed by atoms with Gasteiger partial charge in [0.15, 0.2) is 0 Å². The summed E-state index contributed by atoms with van der Waals surface area (Å²) in [6.07, 6.45) is 2.24. The maximum Gasteiger partial charge on any atom is 0.236 e. The Labute approximate surface area is 118 Å². The molecule has 5 heteroatoms. The van der Waals surface area contributed by atoms with Crippen molar-refractivity contribution in [3.8, 4) is 11.5 Å². The first-order valence-electron chi connectivity index (χ1n) is 6.61. The van der Waals surface area contributed by atoms with Gasteiger partial charge in [0.05, 0.1) is 11.7 Å². The van der Waals surface area contributed by atoms with Crippen molar-refractivity contribution in [2.45, 2.75) is 26.3 Å². The van der Waals surface area contributed by atoms with Crippen LogP contribution in [-0.4, -0.2) is 23.5 Å². The van der Waals surface area contributed by atoms with Gasteiger partial charge in [0.25, 0.3) is 0 Å². The number of carbonyl (C=O) groups excluding carboxylic acids is 1. The lowest BCUT2D eigenvalue weighted by Gasteiger charge is -2.05. The highest BCUT2D eigenvalue weighted by molar-refractivity contribution is 5.80. The van der Waals surface area contributed by atoms with Gasteiger partial charge in [-0.1, -0.05) is 17.7 Å². The van der Waals surface area contributed by atoms with Crippen molar-refractivity contribution >= 4 is 5.91 Å². The number of hydrogen-bond donors (Lipinski definition) is 2. The van der Waals surface area contributed by atoms with Gasteiger partial charge in [0.1, 0.15) is 6.26 Å². The number of aryl methyl sites for hydroxylation is 1. The van der Waals surface area contributed by atoms with Crippen molar-refractivity contribution < 1.29 is 9.21 Å². The van der Waals surface area contributed by atoms with Crippen LogP contribution in [-0.2, 0) is 11.2 Å². The van der Waals surface area contributed by atoms with E-state index >= 15 is 0 Å². The molecule has 1 amide bonds. The molecule has 1 atom stereocenters. The monoisotopic (exact) mass is 273 g/mol. The Kier molecular flexibility index (Phi) is 4.53. The molecular formula is C15H19N3O2. The number of nitrogens with one attached hydrogen (secondary N) is 1. The highest BCUT2D eigenvalue weighted by atomic mass is 16.3. The molecule has 2 aromatic rings. The maximum atomic E-state index is 11.3. The minimum absolute atomic E-state index is 0.160. The molecule has 0 aliphatic rings. The fourth-order valence-corrected chi connectivity index (χ4v) is 1.73. The first kappa shape index (κ1) is 14.3. The van der Waals surface area contributed by atoms with Gasteiger partial charge in [-0.2, -0.15) is 0 Å². The smallest absolute Gasteiger partial charge is 0.236 e. The first-order valence-corrected chi connectivity index (χ1v) is 6.61. The molecule has 0 bridgehead atoms. The van der Waals surface area contributed by atoms with E-state index in [9.17, 15) is 4.79 Å². The molecule has 0 unspecified atom stereocenters. The summed E-state index contributed by atoms with van der Waals surface area (Å²) in [5, 5.41) is 2.74. The van der Waals surface area contributed by atoms with E-state index in [0.717, 1.165) is 11.3 Å². The van der Waals surface area contributed by atoms with Crippen LogP contribution in [0.2, 0.25) is 0 Å². The van der Waals surface area contributed by atoms with Crippen molar-refractivity contribution in [3.05, 3.63) is 41.8 Å². The Balaban J connectivity index is 1.92. The second-order valence-corrected chi connectivity index (χ2v) is 4.84. The molecule has 1 heterocycles. The summed E-state index contributed by atoms with van der Waals surface area (Å²) in [5.74, 6) is 0.436. The zero-order chi connectivity index (χ0) is 14.5. The minimum Gasteiger partial charge on any atom is -0.444 e. The van der Waals surface area contributed by atoms with Crippen LogP contribution in [0.1, 0.15) is 18.2 Å². The number of aromatic nitrogens is 1. The average molecular weight is 273 g/mol. The Bertz CT molecular complexity index is 573. The molecule has 0 spiro atoms. The van der Waals surface area contributed by atoms with Gasteiger partial charge in [-0.25, -0.2) is 4.98 Å². The highest BCUT2D eigenvalue weighted by Crippen LogP contribution is 2.19. The Morgan fingerprint density at radius 1 is 1.40 bits per heavy atom. The fourth-order valence-electron chi connectivity index (χ4n) is 1.73. The van der Waals surface area contributed by atoms with Gasteiger partial charge in [-0.3, -0.25) is 4.79 Å². The number of benzene rings is 1. The summed E-state index contributed by atoms with van der Waals surface area (Å²) < 4.78 is 5.45. The molecule has 5 nitrogen and oxygen atoms in total. The molecule has 0 aliphatic carbocycles. The molecule has 106 valence electrons. The number of amides is 1. The predicted molar refractivity (Wildman–Crippen MR) is 77.0 cm³/mol. The van der Waals surface area contributed by atoms with Gasteiger partial charge in [0, 0.05) is 18.5 Å². The van der Waals surface area contributed by atoms with Gasteiger partial charge < -0.3 is 15.5 Å². The number of hydrogen-bond acceptors (Lipinski definition) is 4. The van der Waals surface area contributed by atoms with E-state index < -0.39 is 6.04 Å². The number of carbonyl (C=O) groups is 1. The molecule has 1 aromatic carbocycles. The lowest BCUT2D eigenvalue weighted by Crippen LogP contribution is -2.39. The summed E-state index contributed by atoms with van der Waals surface area (Å²) in [6.45, 7) is 4.19. The van der Waals surface area contributed by atoms with E-state index in [0.29, 0.717) is 18.9 Å². The summed E-state index contributed by atoms with van der Waals surface area (Å²) >= 11 is 0. The van der Waals surface area contributed by atoms with E-state index in [4.69, 9.17) is 10.2 Å². The lowest BCUT2D eigenvalue weighted by atomic mass is 10.1. The van der Waals surface area contributed by atoms with E-state index in [1.165, 1.54) is 5.56 Å². The van der Waals surface area contributed by atoms with Crippen LogP contribution >= 0.6 is 0 Å². The van der Waals surface area contributed by atoms with Crippen molar-refractivity contribution in [2.75, 3.05) is 6.54 Å². The molecule has 0 fully saturated rings. The fraction of sp³-hybridized carbons (Fsp3) is 0.333. The van der Waals surface area contributed by atoms with Crippen LogP contribution in [0.4, 0.5) is 0 Å². The van der Waals surface area contributed by atoms with Crippen molar-refractivity contribution in [1.29, 1.82) is 0 Å².